The minimum absolute atomic E-state index is 0.0398. The second-order valence-electron chi connectivity index (χ2n) is 14.7. The van der Waals surface area contributed by atoms with Gasteiger partial charge in [-0.15, -0.1) is 0 Å². The van der Waals surface area contributed by atoms with Crippen molar-refractivity contribution in [3.63, 3.8) is 0 Å². The average molecular weight is 700 g/mol. The maximum atomic E-state index is 15.0. The zero-order valence-electron chi connectivity index (χ0n) is 30.2. The maximum absolute atomic E-state index is 15.0. The molecule has 4 amide bonds. The zero-order chi connectivity index (χ0) is 36.9. The molecule has 5 rings (SSSR count). The van der Waals surface area contributed by atoms with E-state index in [9.17, 15) is 14.4 Å². The van der Waals surface area contributed by atoms with Crippen molar-refractivity contribution < 1.29 is 28.2 Å². The fourth-order valence-corrected chi connectivity index (χ4v) is 5.45. The van der Waals surface area contributed by atoms with Crippen LogP contribution in [0.1, 0.15) is 76.1 Å². The number of piperidine rings is 1. The van der Waals surface area contributed by atoms with Gasteiger partial charge in [0.2, 0.25) is 0 Å². The van der Waals surface area contributed by atoms with Crippen molar-refractivity contribution in [3.05, 3.63) is 89.6 Å². The van der Waals surface area contributed by atoms with E-state index in [2.05, 4.69) is 20.9 Å². The number of halogens is 1. The number of hydrogen-bond donors (Lipinski definition) is 3. The van der Waals surface area contributed by atoms with E-state index in [4.69, 9.17) is 14.6 Å². The van der Waals surface area contributed by atoms with Gasteiger partial charge >= 0.3 is 12.1 Å². The number of likely N-dealkylation sites (tertiary alicyclic amines) is 1. The van der Waals surface area contributed by atoms with Crippen LogP contribution >= 0.6 is 0 Å². The van der Waals surface area contributed by atoms with Crippen LogP contribution < -0.4 is 20.7 Å². The molecule has 0 spiro atoms. The van der Waals surface area contributed by atoms with E-state index in [1.165, 1.54) is 12.1 Å². The molecule has 0 bridgehead atoms. The van der Waals surface area contributed by atoms with E-state index in [1.807, 2.05) is 48.5 Å². The van der Waals surface area contributed by atoms with Crippen LogP contribution in [0.3, 0.4) is 0 Å². The summed E-state index contributed by atoms with van der Waals surface area (Å²) in [5, 5.41) is 13.1. The second-order valence-corrected chi connectivity index (χ2v) is 14.7. The van der Waals surface area contributed by atoms with E-state index in [0.29, 0.717) is 48.1 Å². The highest BCUT2D eigenvalue weighted by Gasteiger charge is 2.27. The molecule has 2 aromatic carbocycles. The molecule has 1 fully saturated rings. The van der Waals surface area contributed by atoms with Crippen molar-refractivity contribution in [2.75, 3.05) is 30.3 Å². The molecule has 1 aliphatic heterocycles. The standard InChI is InChI=1S/C38H46FN7O5/c1-24-19-29(13-16-40-24)50-28-11-12-31(30(39)21-28)42-35(48)43-33-22-32(37(2,3)4)44-46(33)27-10-8-9-26(20-27)34(47)41-23-25-14-17-45(18-15-25)36(49)51-38(5,6)7/h8-13,16,19-22,25H,14-15,17-18,23H2,1-7H3,(H,41,47)(H2,42,43,48). The molecule has 0 radical (unpaired) electrons. The third-order valence-electron chi connectivity index (χ3n) is 8.18. The van der Waals surface area contributed by atoms with Gasteiger partial charge in [-0.2, -0.15) is 5.10 Å². The highest BCUT2D eigenvalue weighted by atomic mass is 19.1. The van der Waals surface area contributed by atoms with Crippen LogP contribution in [0.2, 0.25) is 0 Å². The molecule has 0 saturated carbocycles. The van der Waals surface area contributed by atoms with E-state index in [1.54, 1.807) is 64.3 Å². The first-order valence-corrected chi connectivity index (χ1v) is 17.0. The molecule has 0 unspecified atom stereocenters. The lowest BCUT2D eigenvalue weighted by molar-refractivity contribution is 0.0183. The molecule has 1 saturated heterocycles. The van der Waals surface area contributed by atoms with Crippen molar-refractivity contribution in [1.82, 2.24) is 25.0 Å². The molecule has 1 aliphatic rings. The molecule has 3 N–H and O–H groups in total. The Morgan fingerprint density at radius 3 is 2.31 bits per heavy atom. The molecule has 4 aromatic rings. The molecule has 3 heterocycles. The highest BCUT2D eigenvalue weighted by molar-refractivity contribution is 5.99. The molecule has 0 aliphatic carbocycles. The minimum atomic E-state index is -0.680. The van der Waals surface area contributed by atoms with Gasteiger partial charge in [-0.1, -0.05) is 26.8 Å². The summed E-state index contributed by atoms with van der Waals surface area (Å²) in [6, 6.07) is 15.6. The normalized spacial score (nSPS) is 13.8. The molecular weight excluding hydrogens is 653 g/mol. The number of carbonyl (C=O) groups excluding carboxylic acids is 3. The molecule has 270 valence electrons. The van der Waals surface area contributed by atoms with Crippen LogP contribution in [0.25, 0.3) is 5.69 Å². The number of rotatable bonds is 8. The Bertz CT molecular complexity index is 1890. The number of amides is 4. The summed E-state index contributed by atoms with van der Waals surface area (Å²) >= 11 is 0. The number of aryl methyl sites for hydroxylation is 1. The molecule has 2 aromatic heterocycles. The van der Waals surface area contributed by atoms with Crippen LogP contribution in [0.15, 0.2) is 66.9 Å². The van der Waals surface area contributed by atoms with Gasteiger partial charge in [0.05, 0.1) is 17.1 Å². The van der Waals surface area contributed by atoms with E-state index < -0.39 is 17.4 Å². The summed E-state index contributed by atoms with van der Waals surface area (Å²) in [7, 11) is 0. The predicted octanol–water partition coefficient (Wildman–Crippen LogP) is 7.83. The van der Waals surface area contributed by atoms with Gasteiger partial charge in [-0.3, -0.25) is 15.1 Å². The summed E-state index contributed by atoms with van der Waals surface area (Å²) in [6.45, 7) is 15.0. The van der Waals surface area contributed by atoms with Gasteiger partial charge in [0.1, 0.15) is 28.7 Å². The number of nitrogens with zero attached hydrogens (tertiary/aromatic N) is 4. The molecule has 0 atom stereocenters. The highest BCUT2D eigenvalue weighted by Crippen LogP contribution is 2.29. The number of aromatic nitrogens is 3. The lowest BCUT2D eigenvalue weighted by atomic mass is 9.92. The fraction of sp³-hybridized carbons (Fsp3) is 0.395. The third-order valence-corrected chi connectivity index (χ3v) is 8.18. The summed E-state index contributed by atoms with van der Waals surface area (Å²) in [4.78, 5) is 44.7. The summed E-state index contributed by atoms with van der Waals surface area (Å²) < 4.78 is 27.8. The lowest BCUT2D eigenvalue weighted by Crippen LogP contribution is -2.43. The molecule has 13 heteroatoms. The number of anilines is 2. The first kappa shape index (κ1) is 36.8. The lowest BCUT2D eigenvalue weighted by Gasteiger charge is -2.33. The Hall–Kier alpha value is -5.46. The van der Waals surface area contributed by atoms with Gasteiger partial charge < -0.3 is 25.0 Å². The maximum Gasteiger partial charge on any atom is 0.410 e. The van der Waals surface area contributed by atoms with Crippen molar-refractivity contribution in [2.24, 2.45) is 5.92 Å². The Labute approximate surface area is 297 Å². The van der Waals surface area contributed by atoms with E-state index in [-0.39, 0.29) is 34.8 Å². The van der Waals surface area contributed by atoms with E-state index >= 15 is 4.39 Å². The summed E-state index contributed by atoms with van der Waals surface area (Å²) in [6.07, 6.45) is 2.80. The predicted molar refractivity (Wildman–Crippen MR) is 193 cm³/mol. The minimum Gasteiger partial charge on any atom is -0.457 e. The topological polar surface area (TPSA) is 140 Å². The number of hydrogen-bond acceptors (Lipinski definition) is 7. The zero-order valence-corrected chi connectivity index (χ0v) is 30.2. The monoisotopic (exact) mass is 699 g/mol. The smallest absolute Gasteiger partial charge is 0.410 e. The van der Waals surface area contributed by atoms with Crippen LogP contribution in [0.5, 0.6) is 11.5 Å². The van der Waals surface area contributed by atoms with Crippen LogP contribution in [-0.4, -0.2) is 62.9 Å². The van der Waals surface area contributed by atoms with Gasteiger partial charge in [0.25, 0.3) is 5.91 Å². The van der Waals surface area contributed by atoms with Gasteiger partial charge in [-0.25, -0.2) is 18.7 Å². The van der Waals surface area contributed by atoms with Crippen molar-refractivity contribution in [3.8, 4) is 17.2 Å². The molecule has 51 heavy (non-hydrogen) atoms. The number of pyridine rings is 1. The number of ether oxygens (including phenoxy) is 2. The first-order valence-electron chi connectivity index (χ1n) is 17.0. The fourth-order valence-electron chi connectivity index (χ4n) is 5.45. The van der Waals surface area contributed by atoms with Gasteiger partial charge in [-0.05, 0) is 82.9 Å². The number of urea groups is 1. The van der Waals surface area contributed by atoms with Crippen molar-refractivity contribution >= 4 is 29.5 Å². The van der Waals surface area contributed by atoms with E-state index in [0.717, 1.165) is 18.5 Å². The summed E-state index contributed by atoms with van der Waals surface area (Å²) in [5.41, 5.74) is 1.49. The van der Waals surface area contributed by atoms with Crippen LogP contribution in [0, 0.1) is 18.7 Å². The van der Waals surface area contributed by atoms with Crippen molar-refractivity contribution in [2.45, 2.75) is 72.3 Å². The summed E-state index contributed by atoms with van der Waals surface area (Å²) in [5.74, 6) is 0.421. The SMILES string of the molecule is Cc1cc(Oc2ccc(NC(=O)Nc3cc(C(C)(C)C)nn3-c3cccc(C(=O)NCC4CCN(C(=O)OC(C)(C)C)CC4)c3)c(F)c2)ccn1. The van der Waals surface area contributed by atoms with Crippen molar-refractivity contribution in [1.29, 1.82) is 0 Å². The molecular formula is C38H46FN7O5. The second kappa shape index (κ2) is 15.2. The number of benzene rings is 2. The number of carbonyl (C=O) groups is 3. The van der Waals surface area contributed by atoms with Crippen LogP contribution in [-0.2, 0) is 10.2 Å². The quantitative estimate of drug-likeness (QED) is 0.170. The largest absolute Gasteiger partial charge is 0.457 e. The number of nitrogens with one attached hydrogen (secondary N) is 3. The Morgan fingerprint density at radius 1 is 0.922 bits per heavy atom. The van der Waals surface area contributed by atoms with Gasteiger partial charge in [0, 0.05) is 60.7 Å². The Balaban J connectivity index is 1.23. The van der Waals surface area contributed by atoms with Gasteiger partial charge in [0.15, 0.2) is 0 Å². The molecule has 12 nitrogen and oxygen atoms in total. The van der Waals surface area contributed by atoms with Crippen LogP contribution in [0.4, 0.5) is 25.5 Å². The Kier molecular flexibility index (Phi) is 11.0. The first-order chi connectivity index (χ1) is 24.0. The average Bonchev–Trinajstić information content (AvgIpc) is 3.49. The Morgan fingerprint density at radius 2 is 1.65 bits per heavy atom. The third kappa shape index (κ3) is 10.1.